The zero-order valence-corrected chi connectivity index (χ0v) is 15.6. The van der Waals surface area contributed by atoms with Crippen molar-refractivity contribution in [1.82, 2.24) is 19.9 Å². The molecule has 2 aliphatic rings. The van der Waals surface area contributed by atoms with E-state index in [-0.39, 0.29) is 0 Å². The molecule has 4 aromatic rings. The Kier molecular flexibility index (Phi) is 3.30. The number of hydrogen-bond donors (Lipinski definition) is 0. The molecule has 2 aliphatic heterocycles. The zero-order valence-electron chi connectivity index (χ0n) is 14.6. The van der Waals surface area contributed by atoms with Crippen LogP contribution in [0.1, 0.15) is 11.3 Å². The monoisotopic (exact) mass is 380 g/mol. The van der Waals surface area contributed by atoms with Crippen molar-refractivity contribution in [3.05, 3.63) is 72.3 Å². The van der Waals surface area contributed by atoms with Gasteiger partial charge in [0.15, 0.2) is 5.82 Å². The molecule has 4 heterocycles. The lowest BCUT2D eigenvalue weighted by molar-refractivity contribution is 0.435. The first kappa shape index (κ1) is 15.5. The van der Waals surface area contributed by atoms with Crippen molar-refractivity contribution < 1.29 is 9.47 Å². The summed E-state index contributed by atoms with van der Waals surface area (Å²) >= 11 is 0. The molecule has 6 nitrogen and oxygen atoms in total. The lowest BCUT2D eigenvalue weighted by Crippen LogP contribution is -2.34. The van der Waals surface area contributed by atoms with E-state index in [1.165, 1.54) is 5.19 Å². The Bertz CT molecular complexity index is 1150. The summed E-state index contributed by atoms with van der Waals surface area (Å²) in [4.78, 5) is 17.8. The van der Waals surface area contributed by atoms with Crippen LogP contribution in [0.5, 0.6) is 23.3 Å². The molecule has 132 valence electrons. The Morgan fingerprint density at radius 2 is 1.71 bits per heavy atom. The Morgan fingerprint density at radius 1 is 0.821 bits per heavy atom. The van der Waals surface area contributed by atoms with Gasteiger partial charge < -0.3 is 9.47 Å². The second kappa shape index (κ2) is 5.96. The molecule has 0 N–H and O–H groups in total. The maximum atomic E-state index is 6.01. The number of rotatable bonds is 1. The first-order chi connectivity index (χ1) is 13.8. The largest absolute Gasteiger partial charge is 0.439 e. The van der Waals surface area contributed by atoms with Crippen molar-refractivity contribution >= 4 is 19.9 Å². The average Bonchev–Trinajstić information content (AvgIpc) is 2.75. The number of benzene rings is 2. The van der Waals surface area contributed by atoms with Crippen LogP contribution in [0.4, 0.5) is 0 Å². The topological polar surface area (TPSA) is 70.0 Å². The third kappa shape index (κ3) is 2.48. The number of fused-ring (bicyclic) bond motifs is 4. The molecule has 2 aromatic carbocycles. The van der Waals surface area contributed by atoms with E-state index in [1.807, 2.05) is 42.6 Å². The van der Waals surface area contributed by atoms with Gasteiger partial charge in [-0.15, -0.1) is 0 Å². The van der Waals surface area contributed by atoms with Gasteiger partial charge in [0.1, 0.15) is 26.7 Å². The van der Waals surface area contributed by atoms with Gasteiger partial charge in [-0.2, -0.15) is 4.98 Å². The minimum Gasteiger partial charge on any atom is -0.439 e. The van der Waals surface area contributed by atoms with Crippen LogP contribution in [0.2, 0.25) is 0 Å². The number of para-hydroxylation sites is 1. The normalized spacial score (nSPS) is 13.3. The van der Waals surface area contributed by atoms with Crippen LogP contribution in [-0.2, 0) is 6.42 Å². The average molecular weight is 380 g/mol. The van der Waals surface area contributed by atoms with Gasteiger partial charge in [-0.3, -0.25) is 4.98 Å². The Labute approximate surface area is 163 Å². The zero-order chi connectivity index (χ0) is 18.5. The summed E-state index contributed by atoms with van der Waals surface area (Å²) in [6.45, 7) is 0. The molecule has 0 aliphatic carbocycles. The molecule has 6 rings (SSSR count). The van der Waals surface area contributed by atoms with E-state index in [0.29, 0.717) is 33.5 Å². The highest BCUT2D eigenvalue weighted by atomic mass is 28.2. The molecular weight excluding hydrogens is 368 g/mol. The quantitative estimate of drug-likeness (QED) is 0.408. The molecule has 0 saturated carbocycles. The SMILES string of the molecule is c1ccc2c(c1)Oc1nc(-c3ccc4c(c3)Oc3nccnc3C4)ncc1[Si]2. The van der Waals surface area contributed by atoms with Crippen molar-refractivity contribution in [2.75, 3.05) is 0 Å². The third-order valence-electron chi connectivity index (χ3n) is 4.74. The van der Waals surface area contributed by atoms with Crippen LogP contribution in [0.3, 0.4) is 0 Å². The van der Waals surface area contributed by atoms with Crippen LogP contribution in [-0.4, -0.2) is 29.5 Å². The van der Waals surface area contributed by atoms with E-state index < -0.39 is 0 Å². The molecule has 0 unspecified atom stereocenters. The van der Waals surface area contributed by atoms with E-state index in [4.69, 9.17) is 9.47 Å². The fourth-order valence-electron chi connectivity index (χ4n) is 3.36. The first-order valence-corrected chi connectivity index (χ1v) is 9.85. The smallest absolute Gasteiger partial charge is 0.241 e. The van der Waals surface area contributed by atoms with Crippen molar-refractivity contribution in [1.29, 1.82) is 0 Å². The molecule has 7 heteroatoms. The molecule has 2 aromatic heterocycles. The van der Waals surface area contributed by atoms with Crippen molar-refractivity contribution in [3.8, 4) is 34.6 Å². The van der Waals surface area contributed by atoms with Gasteiger partial charge in [-0.25, -0.2) is 9.97 Å². The van der Waals surface area contributed by atoms with E-state index in [1.54, 1.807) is 12.4 Å². The highest BCUT2D eigenvalue weighted by molar-refractivity contribution is 6.69. The summed E-state index contributed by atoms with van der Waals surface area (Å²) in [5, 5.41) is 2.19. The lowest BCUT2D eigenvalue weighted by atomic mass is 10.0. The van der Waals surface area contributed by atoms with Gasteiger partial charge in [0, 0.05) is 41.3 Å². The van der Waals surface area contributed by atoms with Crippen LogP contribution < -0.4 is 19.8 Å². The predicted molar refractivity (Wildman–Crippen MR) is 104 cm³/mol. The Balaban J connectivity index is 1.36. The molecule has 2 radical (unpaired) electrons. The minimum absolute atomic E-state index is 0.493. The van der Waals surface area contributed by atoms with E-state index in [2.05, 4.69) is 26.0 Å². The molecule has 28 heavy (non-hydrogen) atoms. The fraction of sp³-hybridized carbons (Fsp3) is 0.0476. The molecule has 0 spiro atoms. The summed E-state index contributed by atoms with van der Waals surface area (Å²) in [6.07, 6.45) is 5.87. The van der Waals surface area contributed by atoms with Crippen LogP contribution in [0, 0.1) is 0 Å². The van der Waals surface area contributed by atoms with Crippen LogP contribution in [0.25, 0.3) is 11.4 Å². The van der Waals surface area contributed by atoms with Crippen molar-refractivity contribution in [2.24, 2.45) is 0 Å². The highest BCUT2D eigenvalue weighted by Gasteiger charge is 2.22. The summed E-state index contributed by atoms with van der Waals surface area (Å²) in [7, 11) is 0.493. The van der Waals surface area contributed by atoms with Gasteiger partial charge in [0.2, 0.25) is 11.8 Å². The summed E-state index contributed by atoms with van der Waals surface area (Å²) in [5.74, 6) is 3.41. The van der Waals surface area contributed by atoms with Crippen LogP contribution >= 0.6 is 0 Å². The van der Waals surface area contributed by atoms with Crippen LogP contribution in [0.15, 0.2) is 61.1 Å². The maximum Gasteiger partial charge on any atom is 0.241 e. The molecule has 0 bridgehead atoms. The van der Waals surface area contributed by atoms with Gasteiger partial charge in [0.25, 0.3) is 0 Å². The Morgan fingerprint density at radius 3 is 2.71 bits per heavy atom. The molecule has 0 atom stereocenters. The summed E-state index contributed by atoms with van der Waals surface area (Å²) in [6, 6.07) is 14.0. The number of ether oxygens (including phenoxy) is 2. The van der Waals surface area contributed by atoms with Gasteiger partial charge in [-0.05, 0) is 17.3 Å². The number of aromatic nitrogens is 4. The van der Waals surface area contributed by atoms with E-state index >= 15 is 0 Å². The molecule has 0 saturated heterocycles. The van der Waals surface area contributed by atoms with Crippen molar-refractivity contribution in [2.45, 2.75) is 6.42 Å². The predicted octanol–water partition coefficient (Wildman–Crippen LogP) is 2.39. The lowest BCUT2D eigenvalue weighted by Gasteiger charge is -2.20. The highest BCUT2D eigenvalue weighted by Crippen LogP contribution is 2.36. The Hall–Kier alpha value is -3.58. The number of hydrogen-bond acceptors (Lipinski definition) is 6. The summed E-state index contributed by atoms with van der Waals surface area (Å²) < 4.78 is 11.9. The van der Waals surface area contributed by atoms with Crippen molar-refractivity contribution in [3.63, 3.8) is 0 Å². The molecular formula is C21H12N4O2Si. The summed E-state index contributed by atoms with van der Waals surface area (Å²) in [5.41, 5.74) is 2.79. The third-order valence-corrected chi connectivity index (χ3v) is 6.04. The fourth-order valence-corrected chi connectivity index (χ4v) is 4.43. The first-order valence-electron chi connectivity index (χ1n) is 8.85. The second-order valence-electron chi connectivity index (χ2n) is 6.55. The second-order valence-corrected chi connectivity index (χ2v) is 7.87. The van der Waals surface area contributed by atoms with E-state index in [9.17, 15) is 0 Å². The minimum atomic E-state index is 0.493. The molecule has 0 fully saturated rings. The van der Waals surface area contributed by atoms with Gasteiger partial charge in [-0.1, -0.05) is 30.3 Å². The van der Waals surface area contributed by atoms with E-state index in [0.717, 1.165) is 33.5 Å². The van der Waals surface area contributed by atoms with Gasteiger partial charge >= 0.3 is 0 Å². The molecule has 0 amide bonds. The maximum absolute atomic E-state index is 6.01. The standard InChI is InChI=1S/C21H12N4O2Si/c1-2-4-17-15(3-1)26-21-18(28-17)11-24-19(25-21)13-6-5-12-9-14-20(23-8-7-22-14)27-16(12)10-13/h1-8,10-11H,9H2. The number of nitrogens with zero attached hydrogens (tertiary/aromatic N) is 4. The van der Waals surface area contributed by atoms with Gasteiger partial charge in [0.05, 0.1) is 0 Å².